The molecular weight excluding hydrogens is 92.1 g/mol. The van der Waals surface area contributed by atoms with E-state index in [1.54, 1.807) is 0 Å². The Morgan fingerprint density at radius 2 is 2.57 bits per heavy atom. The maximum atomic E-state index is 9.64. The Morgan fingerprint density at radius 1 is 2.00 bits per heavy atom. The van der Waals surface area contributed by atoms with Gasteiger partial charge in [0.25, 0.3) is 0 Å². The van der Waals surface area contributed by atoms with E-state index in [1.807, 2.05) is 6.92 Å². The van der Waals surface area contributed by atoms with Crippen LogP contribution in [0.3, 0.4) is 0 Å². The average Bonchev–Trinajstić information content (AvgIpc) is 1.61. The number of carbonyl (C=O) groups is 1. The molecule has 0 aliphatic heterocycles. The van der Waals surface area contributed by atoms with E-state index in [4.69, 9.17) is 5.11 Å². The summed E-state index contributed by atoms with van der Waals surface area (Å²) in [4.78, 5) is 9.64. The van der Waals surface area contributed by atoms with Crippen LogP contribution in [0.4, 0.5) is 0 Å². The SMILES string of the molecule is CC/[C]=C/C(=O)O. The number of hydrogen-bond donors (Lipinski definition) is 1. The van der Waals surface area contributed by atoms with Crippen molar-refractivity contribution in [1.82, 2.24) is 0 Å². The van der Waals surface area contributed by atoms with E-state index in [9.17, 15) is 4.79 Å². The zero-order chi connectivity index (χ0) is 5.70. The largest absolute Gasteiger partial charge is 0.478 e. The lowest BCUT2D eigenvalue weighted by Gasteiger charge is -1.72. The van der Waals surface area contributed by atoms with E-state index >= 15 is 0 Å². The molecule has 2 heteroatoms. The van der Waals surface area contributed by atoms with Crippen LogP contribution in [0, 0.1) is 6.08 Å². The Kier molecular flexibility index (Phi) is 3.02. The van der Waals surface area contributed by atoms with E-state index in [-0.39, 0.29) is 0 Å². The third-order valence-corrected chi connectivity index (χ3v) is 0.430. The van der Waals surface area contributed by atoms with Gasteiger partial charge in [-0.3, -0.25) is 0 Å². The normalized spacial score (nSPS) is 9.86. The van der Waals surface area contributed by atoms with E-state index in [0.29, 0.717) is 6.42 Å². The smallest absolute Gasteiger partial charge is 0.328 e. The van der Waals surface area contributed by atoms with Gasteiger partial charge in [0.15, 0.2) is 0 Å². The number of allylic oxidation sites excluding steroid dienone is 1. The summed E-state index contributed by atoms with van der Waals surface area (Å²) >= 11 is 0. The van der Waals surface area contributed by atoms with E-state index in [2.05, 4.69) is 6.08 Å². The van der Waals surface area contributed by atoms with Crippen molar-refractivity contribution >= 4 is 5.97 Å². The standard InChI is InChI=1S/C5H7O2/c1-2-3-4-5(6)7/h4H,2H2,1H3,(H,6,7). The monoisotopic (exact) mass is 99.0 g/mol. The second-order valence-corrected chi connectivity index (χ2v) is 1.04. The second-order valence-electron chi connectivity index (χ2n) is 1.04. The Bertz CT molecular complexity index is 84.1. The predicted molar refractivity (Wildman–Crippen MR) is 25.7 cm³/mol. The van der Waals surface area contributed by atoms with Gasteiger partial charge in [0.05, 0.1) is 0 Å². The molecule has 0 aliphatic rings. The zero-order valence-corrected chi connectivity index (χ0v) is 4.14. The Hall–Kier alpha value is -0.790. The highest BCUT2D eigenvalue weighted by Gasteiger charge is 1.79. The fraction of sp³-hybridized carbons (Fsp3) is 0.400. The lowest BCUT2D eigenvalue weighted by molar-refractivity contribution is -0.131. The molecule has 0 fully saturated rings. The molecule has 0 rings (SSSR count). The minimum absolute atomic E-state index is 0.659. The summed E-state index contributed by atoms with van der Waals surface area (Å²) in [6, 6.07) is 0. The highest BCUT2D eigenvalue weighted by molar-refractivity contribution is 5.78. The molecule has 0 heterocycles. The van der Waals surface area contributed by atoms with Crippen LogP contribution in [0.25, 0.3) is 0 Å². The molecule has 0 aromatic carbocycles. The molecule has 0 aromatic heterocycles. The lowest BCUT2D eigenvalue weighted by atomic mass is 10.4. The maximum absolute atomic E-state index is 9.64. The van der Waals surface area contributed by atoms with E-state index in [0.717, 1.165) is 6.08 Å². The van der Waals surface area contributed by atoms with Gasteiger partial charge in [0.2, 0.25) is 0 Å². The predicted octanol–water partition coefficient (Wildman–Crippen LogP) is 0.840. The molecule has 2 nitrogen and oxygen atoms in total. The second kappa shape index (κ2) is 3.40. The average molecular weight is 99.1 g/mol. The van der Waals surface area contributed by atoms with Crippen LogP contribution in [0.5, 0.6) is 0 Å². The molecule has 7 heavy (non-hydrogen) atoms. The molecule has 0 atom stereocenters. The first-order valence-corrected chi connectivity index (χ1v) is 2.07. The van der Waals surface area contributed by atoms with Crippen molar-refractivity contribution in [2.24, 2.45) is 0 Å². The molecule has 0 amide bonds. The molecule has 0 saturated heterocycles. The Morgan fingerprint density at radius 3 is 2.71 bits per heavy atom. The van der Waals surface area contributed by atoms with Gasteiger partial charge < -0.3 is 5.11 Å². The van der Waals surface area contributed by atoms with Crippen molar-refractivity contribution in [3.05, 3.63) is 12.2 Å². The van der Waals surface area contributed by atoms with Gasteiger partial charge in [-0.25, -0.2) is 4.79 Å². The number of hydrogen-bond acceptors (Lipinski definition) is 1. The van der Waals surface area contributed by atoms with Crippen molar-refractivity contribution in [3.8, 4) is 0 Å². The van der Waals surface area contributed by atoms with E-state index < -0.39 is 5.97 Å². The third kappa shape index (κ3) is 5.21. The highest BCUT2D eigenvalue weighted by atomic mass is 16.4. The molecule has 0 bridgehead atoms. The van der Waals surface area contributed by atoms with Gasteiger partial charge in [-0.15, -0.1) is 0 Å². The van der Waals surface area contributed by atoms with Gasteiger partial charge in [0, 0.05) is 6.08 Å². The number of rotatable bonds is 2. The molecule has 0 aromatic rings. The number of carboxylic acids is 1. The molecule has 0 spiro atoms. The maximum Gasteiger partial charge on any atom is 0.328 e. The molecule has 0 aliphatic carbocycles. The fourth-order valence-corrected chi connectivity index (χ4v) is 0.189. The molecule has 1 N–H and O–H groups in total. The van der Waals surface area contributed by atoms with Crippen molar-refractivity contribution in [2.45, 2.75) is 13.3 Å². The summed E-state index contributed by atoms with van der Waals surface area (Å²) in [6.07, 6.45) is 4.20. The number of aliphatic carboxylic acids is 1. The van der Waals surface area contributed by atoms with Crippen LogP contribution < -0.4 is 0 Å². The van der Waals surface area contributed by atoms with Crippen LogP contribution in [0.2, 0.25) is 0 Å². The first-order valence-electron chi connectivity index (χ1n) is 2.07. The fourth-order valence-electron chi connectivity index (χ4n) is 0.189. The summed E-state index contributed by atoms with van der Waals surface area (Å²) in [6.45, 7) is 1.83. The van der Waals surface area contributed by atoms with Gasteiger partial charge >= 0.3 is 5.97 Å². The highest BCUT2D eigenvalue weighted by Crippen LogP contribution is 1.74. The first kappa shape index (κ1) is 6.21. The van der Waals surface area contributed by atoms with E-state index in [1.165, 1.54) is 0 Å². The molecule has 1 radical (unpaired) electrons. The third-order valence-electron chi connectivity index (χ3n) is 0.430. The summed E-state index contributed by atoms with van der Waals surface area (Å²) < 4.78 is 0. The summed E-state index contributed by atoms with van der Waals surface area (Å²) in [5.74, 6) is -0.929. The van der Waals surface area contributed by atoms with Gasteiger partial charge in [-0.2, -0.15) is 0 Å². The molecule has 39 valence electrons. The molecular formula is C5H7O2. The van der Waals surface area contributed by atoms with Crippen LogP contribution in [-0.2, 0) is 4.79 Å². The van der Waals surface area contributed by atoms with Crippen LogP contribution >= 0.6 is 0 Å². The summed E-state index contributed by atoms with van der Waals surface area (Å²) in [5, 5.41) is 7.93. The van der Waals surface area contributed by atoms with Crippen molar-refractivity contribution in [3.63, 3.8) is 0 Å². The van der Waals surface area contributed by atoms with Crippen molar-refractivity contribution in [2.75, 3.05) is 0 Å². The quantitative estimate of drug-likeness (QED) is 0.521. The van der Waals surface area contributed by atoms with Crippen LogP contribution in [-0.4, -0.2) is 11.1 Å². The zero-order valence-electron chi connectivity index (χ0n) is 4.14. The molecule has 0 saturated carbocycles. The van der Waals surface area contributed by atoms with Crippen LogP contribution in [0.15, 0.2) is 6.08 Å². The minimum Gasteiger partial charge on any atom is -0.478 e. The first-order chi connectivity index (χ1) is 3.27. The molecule has 0 unspecified atom stereocenters. The Labute approximate surface area is 42.5 Å². The number of carboxylic acid groups (broad SMARTS) is 1. The van der Waals surface area contributed by atoms with Gasteiger partial charge in [0.1, 0.15) is 0 Å². The summed E-state index contributed by atoms with van der Waals surface area (Å²) in [5.41, 5.74) is 0. The van der Waals surface area contributed by atoms with Gasteiger partial charge in [-0.1, -0.05) is 6.92 Å². The lowest BCUT2D eigenvalue weighted by Crippen LogP contribution is -1.84. The van der Waals surface area contributed by atoms with Crippen molar-refractivity contribution in [1.29, 1.82) is 0 Å². The topological polar surface area (TPSA) is 37.3 Å². The summed E-state index contributed by atoms with van der Waals surface area (Å²) in [7, 11) is 0. The van der Waals surface area contributed by atoms with Crippen molar-refractivity contribution < 1.29 is 9.90 Å². The minimum atomic E-state index is -0.929. The van der Waals surface area contributed by atoms with Crippen LogP contribution in [0.1, 0.15) is 13.3 Å². The van der Waals surface area contributed by atoms with Gasteiger partial charge in [-0.05, 0) is 12.5 Å². The Balaban J connectivity index is 3.26.